The Hall–Kier alpha value is -5.05. The summed E-state index contributed by atoms with van der Waals surface area (Å²) >= 11 is 0. The molecule has 168 valence electrons. The second-order valence-corrected chi connectivity index (χ2v) is 7.07. The molecule has 9 heteroatoms. The number of amides is 1. The number of nitrogens with one attached hydrogen (secondary N) is 1. The minimum Gasteiger partial charge on any atom is -0.423 e. The van der Waals surface area contributed by atoms with Gasteiger partial charge in [0.15, 0.2) is 0 Å². The minimum atomic E-state index is -0.634. The predicted molar refractivity (Wildman–Crippen MR) is 125 cm³/mol. The van der Waals surface area contributed by atoms with Crippen molar-refractivity contribution < 1.29 is 19.2 Å². The van der Waals surface area contributed by atoms with E-state index in [0.717, 1.165) is 5.69 Å². The fourth-order valence-electron chi connectivity index (χ4n) is 3.12. The number of esters is 1. The van der Waals surface area contributed by atoms with E-state index in [0.29, 0.717) is 16.9 Å². The summed E-state index contributed by atoms with van der Waals surface area (Å²) in [6, 6.07) is 22.6. The fraction of sp³-hybridized carbons (Fsp3) is 0. The van der Waals surface area contributed by atoms with E-state index < -0.39 is 10.9 Å². The topological polar surface area (TPSA) is 116 Å². The third kappa shape index (κ3) is 5.22. The molecule has 0 bridgehead atoms. The summed E-state index contributed by atoms with van der Waals surface area (Å²) in [6.45, 7) is 0. The summed E-state index contributed by atoms with van der Waals surface area (Å²) < 4.78 is 7.12. The first-order valence-electron chi connectivity index (χ1n) is 10.1. The van der Waals surface area contributed by atoms with Gasteiger partial charge >= 0.3 is 5.97 Å². The lowest BCUT2D eigenvalue weighted by Crippen LogP contribution is -2.19. The number of hydrogen-bond donors (Lipinski definition) is 1. The van der Waals surface area contributed by atoms with Crippen LogP contribution in [-0.2, 0) is 0 Å². The summed E-state index contributed by atoms with van der Waals surface area (Å²) in [7, 11) is 0. The highest BCUT2D eigenvalue weighted by Gasteiger charge is 2.12. The van der Waals surface area contributed by atoms with E-state index >= 15 is 0 Å². The van der Waals surface area contributed by atoms with E-state index in [9.17, 15) is 19.7 Å². The molecule has 0 unspecified atom stereocenters. The molecule has 1 amide bonds. The molecule has 0 aliphatic rings. The molecule has 3 aromatic carbocycles. The predicted octanol–water partition coefficient (Wildman–Crippen LogP) is 4.37. The largest absolute Gasteiger partial charge is 0.423 e. The van der Waals surface area contributed by atoms with Gasteiger partial charge in [0.2, 0.25) is 0 Å². The maximum atomic E-state index is 12.6. The van der Waals surface area contributed by atoms with E-state index in [2.05, 4.69) is 10.5 Å². The van der Waals surface area contributed by atoms with Gasteiger partial charge in [-0.05, 0) is 66.2 Å². The minimum absolute atomic E-state index is 0.111. The van der Waals surface area contributed by atoms with Crippen LogP contribution >= 0.6 is 0 Å². The summed E-state index contributed by atoms with van der Waals surface area (Å²) in [4.78, 5) is 35.0. The van der Waals surface area contributed by atoms with Crippen molar-refractivity contribution in [1.29, 1.82) is 0 Å². The van der Waals surface area contributed by atoms with Gasteiger partial charge in [-0.15, -0.1) is 0 Å². The molecule has 0 atom stereocenters. The van der Waals surface area contributed by atoms with Crippen LogP contribution in [0.15, 0.2) is 102 Å². The van der Waals surface area contributed by atoms with Gasteiger partial charge in [-0.2, -0.15) is 5.10 Å². The summed E-state index contributed by atoms with van der Waals surface area (Å²) in [5.41, 5.74) is 4.48. The van der Waals surface area contributed by atoms with Crippen LogP contribution in [0.4, 0.5) is 5.69 Å². The molecule has 34 heavy (non-hydrogen) atoms. The molecular weight excluding hydrogens is 436 g/mol. The molecular formula is C25H18N4O5. The zero-order valence-corrected chi connectivity index (χ0v) is 17.7. The normalized spacial score (nSPS) is 10.7. The van der Waals surface area contributed by atoms with Crippen molar-refractivity contribution in [2.24, 2.45) is 5.10 Å². The number of rotatable bonds is 7. The Balaban J connectivity index is 1.36. The van der Waals surface area contributed by atoms with E-state index in [1.54, 1.807) is 36.4 Å². The SMILES string of the molecule is O=C(Oc1ccc(/C=N/NC(=O)c2ccccc2-n2cccc2)cc1)c1ccc([N+](=O)[O-])cc1. The molecule has 1 N–H and O–H groups in total. The van der Waals surface area contributed by atoms with E-state index in [1.807, 2.05) is 41.2 Å². The summed E-state index contributed by atoms with van der Waals surface area (Å²) in [6.07, 6.45) is 5.18. The van der Waals surface area contributed by atoms with E-state index in [-0.39, 0.29) is 17.2 Å². The molecule has 4 aromatic rings. The highest BCUT2D eigenvalue weighted by atomic mass is 16.6. The highest BCUT2D eigenvalue weighted by Crippen LogP contribution is 2.17. The number of hydrogen-bond acceptors (Lipinski definition) is 6. The number of nitro benzene ring substituents is 1. The number of para-hydroxylation sites is 1. The molecule has 0 radical (unpaired) electrons. The third-order valence-electron chi connectivity index (χ3n) is 4.82. The molecule has 0 spiro atoms. The molecule has 9 nitrogen and oxygen atoms in total. The van der Waals surface area contributed by atoms with Crippen LogP contribution < -0.4 is 10.2 Å². The molecule has 4 rings (SSSR count). The van der Waals surface area contributed by atoms with E-state index in [4.69, 9.17) is 4.74 Å². The van der Waals surface area contributed by atoms with Crippen LogP contribution in [0.1, 0.15) is 26.3 Å². The van der Waals surface area contributed by atoms with Gasteiger partial charge in [0.1, 0.15) is 5.75 Å². The zero-order chi connectivity index (χ0) is 23.9. The van der Waals surface area contributed by atoms with Crippen molar-refractivity contribution in [3.63, 3.8) is 0 Å². The van der Waals surface area contributed by atoms with Gasteiger partial charge in [-0.1, -0.05) is 12.1 Å². The number of carbonyl (C=O) groups excluding carboxylic acids is 2. The number of aromatic nitrogens is 1. The van der Waals surface area contributed by atoms with Gasteiger partial charge in [-0.25, -0.2) is 10.2 Å². The molecule has 1 aromatic heterocycles. The average Bonchev–Trinajstić information content (AvgIpc) is 3.40. The van der Waals surface area contributed by atoms with Crippen LogP contribution in [0.2, 0.25) is 0 Å². The Morgan fingerprint density at radius 2 is 1.59 bits per heavy atom. The quantitative estimate of drug-likeness (QED) is 0.146. The molecule has 0 saturated heterocycles. The first kappa shape index (κ1) is 22.2. The number of ether oxygens (including phenoxy) is 1. The number of carbonyl (C=O) groups is 2. The Morgan fingerprint density at radius 1 is 0.912 bits per heavy atom. The number of nitro groups is 1. The van der Waals surface area contributed by atoms with Crippen molar-refractivity contribution in [2.45, 2.75) is 0 Å². The lowest BCUT2D eigenvalue weighted by atomic mass is 10.1. The average molecular weight is 454 g/mol. The van der Waals surface area contributed by atoms with Crippen molar-refractivity contribution >= 4 is 23.8 Å². The molecule has 0 saturated carbocycles. The van der Waals surface area contributed by atoms with Crippen LogP contribution in [0.25, 0.3) is 5.69 Å². The Kier molecular flexibility index (Phi) is 6.55. The summed E-state index contributed by atoms with van der Waals surface area (Å²) in [5, 5.41) is 14.7. The van der Waals surface area contributed by atoms with Crippen LogP contribution in [0, 0.1) is 10.1 Å². The summed E-state index contributed by atoms with van der Waals surface area (Å²) in [5.74, 6) is -0.690. The third-order valence-corrected chi connectivity index (χ3v) is 4.82. The fourth-order valence-corrected chi connectivity index (χ4v) is 3.12. The van der Waals surface area contributed by atoms with Crippen LogP contribution in [0.5, 0.6) is 5.75 Å². The van der Waals surface area contributed by atoms with Crippen LogP contribution in [-0.4, -0.2) is 27.6 Å². The zero-order valence-electron chi connectivity index (χ0n) is 17.7. The lowest BCUT2D eigenvalue weighted by Gasteiger charge is -2.09. The van der Waals surface area contributed by atoms with Gasteiger partial charge in [0.25, 0.3) is 11.6 Å². The van der Waals surface area contributed by atoms with Crippen molar-refractivity contribution in [2.75, 3.05) is 0 Å². The molecule has 0 fully saturated rings. The molecule has 0 aliphatic heterocycles. The molecule has 0 aliphatic carbocycles. The maximum Gasteiger partial charge on any atom is 0.343 e. The number of non-ortho nitro benzene ring substituents is 1. The number of nitrogens with zero attached hydrogens (tertiary/aromatic N) is 3. The second-order valence-electron chi connectivity index (χ2n) is 7.07. The highest BCUT2D eigenvalue weighted by molar-refractivity contribution is 5.98. The first-order chi connectivity index (χ1) is 16.5. The number of benzene rings is 3. The van der Waals surface area contributed by atoms with Crippen molar-refractivity contribution in [1.82, 2.24) is 9.99 Å². The second kappa shape index (κ2) is 10.0. The van der Waals surface area contributed by atoms with Crippen molar-refractivity contribution in [3.05, 3.63) is 124 Å². The van der Waals surface area contributed by atoms with Gasteiger partial charge in [0.05, 0.1) is 28.0 Å². The van der Waals surface area contributed by atoms with Gasteiger partial charge in [0, 0.05) is 24.5 Å². The first-order valence-corrected chi connectivity index (χ1v) is 10.1. The van der Waals surface area contributed by atoms with Gasteiger partial charge in [-0.3, -0.25) is 14.9 Å². The van der Waals surface area contributed by atoms with E-state index in [1.165, 1.54) is 30.5 Å². The maximum absolute atomic E-state index is 12.6. The van der Waals surface area contributed by atoms with Crippen LogP contribution in [0.3, 0.4) is 0 Å². The Labute approximate surface area is 194 Å². The van der Waals surface area contributed by atoms with Gasteiger partial charge < -0.3 is 9.30 Å². The smallest absolute Gasteiger partial charge is 0.343 e. The Morgan fingerprint density at radius 3 is 2.26 bits per heavy atom. The molecule has 1 heterocycles. The Bertz CT molecular complexity index is 1350. The standard InChI is InChI=1S/C25H18N4O5/c30-24(22-5-1-2-6-23(22)28-15-3-4-16-28)27-26-17-18-7-13-21(14-8-18)34-25(31)19-9-11-20(12-10-19)29(32)33/h1-17H,(H,27,30)/b26-17+. The number of hydrazone groups is 1. The monoisotopic (exact) mass is 454 g/mol. The lowest BCUT2D eigenvalue weighted by molar-refractivity contribution is -0.384. The van der Waals surface area contributed by atoms with Crippen molar-refractivity contribution in [3.8, 4) is 11.4 Å².